The molecule has 0 aromatic heterocycles. The lowest BCUT2D eigenvalue weighted by Gasteiger charge is -2.38. The molecule has 0 saturated carbocycles. The summed E-state index contributed by atoms with van der Waals surface area (Å²) in [7, 11) is 0. The number of nitrogens with zero attached hydrogens (tertiary/aromatic N) is 1. The van der Waals surface area contributed by atoms with E-state index in [1.54, 1.807) is 4.90 Å². The fraction of sp³-hybridized carbons (Fsp3) is 0.778. The van der Waals surface area contributed by atoms with E-state index in [4.69, 9.17) is 15.6 Å². The second-order valence-corrected chi connectivity index (χ2v) is 3.60. The summed E-state index contributed by atoms with van der Waals surface area (Å²) < 4.78 is 4.99. The molecule has 6 nitrogen and oxygen atoms in total. The molecule has 1 aliphatic heterocycles. The molecule has 0 radical (unpaired) electrons. The molecule has 0 bridgehead atoms. The van der Waals surface area contributed by atoms with Gasteiger partial charge in [0.15, 0.2) is 0 Å². The molecule has 86 valence electrons. The van der Waals surface area contributed by atoms with E-state index in [-0.39, 0.29) is 24.9 Å². The van der Waals surface area contributed by atoms with Crippen LogP contribution in [0.25, 0.3) is 0 Å². The molecule has 0 aromatic rings. The maximum atomic E-state index is 11.3. The predicted octanol–water partition coefficient (Wildman–Crippen LogP) is -1.11. The molecule has 1 fully saturated rings. The number of carboxylic acids is 1. The van der Waals surface area contributed by atoms with Gasteiger partial charge in [0.1, 0.15) is 6.61 Å². The fourth-order valence-electron chi connectivity index (χ4n) is 1.48. The number of hydrogen-bond donors (Lipinski definition) is 2. The maximum absolute atomic E-state index is 11.3. The molecule has 0 unspecified atom stereocenters. The molecule has 0 aliphatic carbocycles. The normalized spacial score (nSPS) is 16.2. The Labute approximate surface area is 88.0 Å². The Kier molecular flexibility index (Phi) is 4.51. The van der Waals surface area contributed by atoms with Crippen LogP contribution < -0.4 is 5.73 Å². The third kappa shape index (κ3) is 3.85. The van der Waals surface area contributed by atoms with Crippen LogP contribution in [0.5, 0.6) is 0 Å². The van der Waals surface area contributed by atoms with Gasteiger partial charge in [0, 0.05) is 25.6 Å². The number of nitrogens with two attached hydrogens (primary N) is 1. The summed E-state index contributed by atoms with van der Waals surface area (Å²) in [6.45, 7) is 1.86. The van der Waals surface area contributed by atoms with Crippen molar-refractivity contribution in [3.8, 4) is 0 Å². The monoisotopic (exact) mass is 216 g/mol. The van der Waals surface area contributed by atoms with Crippen molar-refractivity contribution in [3.63, 3.8) is 0 Å². The van der Waals surface area contributed by atoms with Crippen LogP contribution in [0, 0.1) is 5.92 Å². The molecule has 1 heterocycles. The molecule has 1 amide bonds. The minimum Gasteiger partial charge on any atom is -0.481 e. The van der Waals surface area contributed by atoms with E-state index in [9.17, 15) is 9.59 Å². The number of rotatable bonds is 6. The van der Waals surface area contributed by atoms with Crippen LogP contribution >= 0.6 is 0 Å². The van der Waals surface area contributed by atoms with Crippen molar-refractivity contribution in [2.24, 2.45) is 11.7 Å². The van der Waals surface area contributed by atoms with Gasteiger partial charge in [0.2, 0.25) is 5.91 Å². The van der Waals surface area contributed by atoms with Crippen LogP contribution in [0.4, 0.5) is 0 Å². The smallest absolute Gasteiger partial charge is 0.303 e. The minimum atomic E-state index is -0.813. The highest BCUT2D eigenvalue weighted by Gasteiger charge is 2.31. The largest absolute Gasteiger partial charge is 0.481 e. The highest BCUT2D eigenvalue weighted by Crippen LogP contribution is 2.18. The number of amides is 1. The van der Waals surface area contributed by atoms with E-state index in [1.807, 2.05) is 0 Å². The standard InChI is InChI=1S/C9H16N2O4/c10-1-2-15-6-8(12)11-4-7(5-11)3-9(13)14/h7H,1-6,10H2,(H,13,14). The number of aliphatic carboxylic acids is 1. The van der Waals surface area contributed by atoms with E-state index in [2.05, 4.69) is 0 Å². The van der Waals surface area contributed by atoms with E-state index >= 15 is 0 Å². The molecule has 0 spiro atoms. The average Bonchev–Trinajstić information content (AvgIpc) is 2.10. The quantitative estimate of drug-likeness (QED) is 0.549. The average molecular weight is 216 g/mol. The van der Waals surface area contributed by atoms with Crippen LogP contribution in [-0.2, 0) is 14.3 Å². The Balaban J connectivity index is 2.09. The van der Waals surface area contributed by atoms with E-state index in [0.717, 1.165) is 0 Å². The van der Waals surface area contributed by atoms with Crippen molar-refractivity contribution < 1.29 is 19.4 Å². The van der Waals surface area contributed by atoms with Gasteiger partial charge in [0.05, 0.1) is 13.0 Å². The molecule has 1 aliphatic rings. The highest BCUT2D eigenvalue weighted by atomic mass is 16.5. The summed E-state index contributed by atoms with van der Waals surface area (Å²) in [6, 6.07) is 0. The van der Waals surface area contributed by atoms with Crippen molar-refractivity contribution in [1.29, 1.82) is 0 Å². The van der Waals surface area contributed by atoms with Gasteiger partial charge in [-0.3, -0.25) is 9.59 Å². The highest BCUT2D eigenvalue weighted by molar-refractivity contribution is 5.78. The van der Waals surface area contributed by atoms with Gasteiger partial charge in [-0.15, -0.1) is 0 Å². The molecule has 0 aromatic carbocycles. The SMILES string of the molecule is NCCOCC(=O)N1CC(CC(=O)O)C1. The van der Waals surface area contributed by atoms with Crippen LogP contribution in [0.15, 0.2) is 0 Å². The molecule has 15 heavy (non-hydrogen) atoms. The first kappa shape index (κ1) is 11.9. The topological polar surface area (TPSA) is 92.9 Å². The van der Waals surface area contributed by atoms with Crippen molar-refractivity contribution in [2.45, 2.75) is 6.42 Å². The second kappa shape index (κ2) is 5.67. The van der Waals surface area contributed by atoms with Crippen molar-refractivity contribution in [1.82, 2.24) is 4.90 Å². The van der Waals surface area contributed by atoms with Crippen molar-refractivity contribution in [2.75, 3.05) is 32.8 Å². The van der Waals surface area contributed by atoms with E-state index < -0.39 is 5.97 Å². The number of carboxylic acid groups (broad SMARTS) is 1. The Morgan fingerprint density at radius 2 is 2.13 bits per heavy atom. The van der Waals surface area contributed by atoms with Gasteiger partial charge in [-0.2, -0.15) is 0 Å². The van der Waals surface area contributed by atoms with E-state index in [0.29, 0.717) is 26.2 Å². The molecule has 0 atom stereocenters. The summed E-state index contributed by atoms with van der Waals surface area (Å²) in [5.74, 6) is -0.808. The number of likely N-dealkylation sites (tertiary alicyclic amines) is 1. The maximum Gasteiger partial charge on any atom is 0.303 e. The molecule has 3 N–H and O–H groups in total. The number of carbonyl (C=O) groups excluding carboxylic acids is 1. The number of ether oxygens (including phenoxy) is 1. The van der Waals surface area contributed by atoms with Gasteiger partial charge < -0.3 is 20.5 Å². The van der Waals surface area contributed by atoms with Gasteiger partial charge in [-0.1, -0.05) is 0 Å². The Bertz CT molecular complexity index is 238. The minimum absolute atomic E-state index is 0.0387. The molecule has 6 heteroatoms. The lowest BCUT2D eigenvalue weighted by molar-refractivity contribution is -0.147. The van der Waals surface area contributed by atoms with Gasteiger partial charge >= 0.3 is 5.97 Å². The van der Waals surface area contributed by atoms with E-state index in [1.165, 1.54) is 0 Å². The second-order valence-electron chi connectivity index (χ2n) is 3.60. The summed E-state index contributed by atoms with van der Waals surface area (Å²) in [5.41, 5.74) is 5.20. The Morgan fingerprint density at radius 3 is 2.67 bits per heavy atom. The van der Waals surface area contributed by atoms with Gasteiger partial charge in [0.25, 0.3) is 0 Å². The predicted molar refractivity (Wildman–Crippen MR) is 52.2 cm³/mol. The fourth-order valence-corrected chi connectivity index (χ4v) is 1.48. The lowest BCUT2D eigenvalue weighted by Crippen LogP contribution is -2.51. The Hall–Kier alpha value is -1.14. The molecular formula is C9H16N2O4. The number of carbonyl (C=O) groups is 2. The molecule has 1 saturated heterocycles. The first-order valence-corrected chi connectivity index (χ1v) is 4.91. The number of hydrogen-bond acceptors (Lipinski definition) is 4. The van der Waals surface area contributed by atoms with Crippen LogP contribution in [0.1, 0.15) is 6.42 Å². The Morgan fingerprint density at radius 1 is 1.47 bits per heavy atom. The van der Waals surface area contributed by atoms with Crippen LogP contribution in [0.2, 0.25) is 0 Å². The zero-order valence-corrected chi connectivity index (χ0v) is 8.52. The third-order valence-corrected chi connectivity index (χ3v) is 2.26. The third-order valence-electron chi connectivity index (χ3n) is 2.26. The summed E-state index contributed by atoms with van der Waals surface area (Å²) in [4.78, 5) is 23.3. The van der Waals surface area contributed by atoms with Gasteiger partial charge in [-0.05, 0) is 0 Å². The first-order chi connectivity index (χ1) is 7.13. The first-order valence-electron chi connectivity index (χ1n) is 4.91. The summed E-state index contributed by atoms with van der Waals surface area (Å²) in [6.07, 6.45) is 0.132. The van der Waals surface area contributed by atoms with Crippen LogP contribution in [-0.4, -0.2) is 54.7 Å². The van der Waals surface area contributed by atoms with Crippen molar-refractivity contribution >= 4 is 11.9 Å². The van der Waals surface area contributed by atoms with Crippen LogP contribution in [0.3, 0.4) is 0 Å². The summed E-state index contributed by atoms with van der Waals surface area (Å²) >= 11 is 0. The van der Waals surface area contributed by atoms with Gasteiger partial charge in [-0.25, -0.2) is 0 Å². The van der Waals surface area contributed by atoms with Crippen molar-refractivity contribution in [3.05, 3.63) is 0 Å². The zero-order chi connectivity index (χ0) is 11.3. The molecular weight excluding hydrogens is 200 g/mol. The molecule has 1 rings (SSSR count). The summed E-state index contributed by atoms with van der Waals surface area (Å²) in [5, 5.41) is 8.51. The lowest BCUT2D eigenvalue weighted by atomic mass is 9.96. The zero-order valence-electron chi connectivity index (χ0n) is 8.52.